The quantitative estimate of drug-likeness (QED) is 0.328. The zero-order valence-corrected chi connectivity index (χ0v) is 8.50. The van der Waals surface area contributed by atoms with E-state index in [2.05, 4.69) is 5.10 Å². The average molecular weight is 215 g/mol. The molecule has 0 aromatic heterocycles. The lowest BCUT2D eigenvalue weighted by atomic mass is 10.3. The number of likely N-dealkylation sites (N-methyl/N-ethyl adjacent to an activating group) is 1. The highest BCUT2D eigenvalue weighted by molar-refractivity contribution is 8.16. The van der Waals surface area contributed by atoms with Gasteiger partial charge in [0, 0.05) is 5.41 Å². The third-order valence-corrected chi connectivity index (χ3v) is 3.11. The minimum absolute atomic E-state index is 0.147. The molecule has 0 bridgehead atoms. The predicted octanol–water partition coefficient (Wildman–Crippen LogP) is -1.45. The summed E-state index contributed by atoms with van der Waals surface area (Å²) in [6.45, 7) is 1.27. The number of rotatable bonds is 1. The Morgan fingerprint density at radius 1 is 1.64 bits per heavy atom. The number of amidine groups is 1. The maximum Gasteiger partial charge on any atom is 0.322 e. The number of thioether (sulfide) groups is 1. The van der Waals surface area contributed by atoms with Crippen molar-refractivity contribution in [2.24, 2.45) is 10.9 Å². The number of carbonyl (C=O) groups is 2. The molecule has 7 heteroatoms. The normalized spacial score (nSPS) is 29.0. The molecule has 0 fully saturated rings. The Morgan fingerprint density at radius 3 is 2.57 bits per heavy atom. The van der Waals surface area contributed by atoms with Gasteiger partial charge in [-0.3, -0.25) is 0 Å². The highest BCUT2D eigenvalue weighted by Gasteiger charge is 2.45. The standard InChI is InChI=1S/C7H9N3O3S/c1-4(11)10(2)5(6(12)13)3-14-7(10)9-8/h3H,8H2,1-2H3. The van der Waals surface area contributed by atoms with E-state index >= 15 is 0 Å². The smallest absolute Gasteiger partial charge is 0.322 e. The molecular weight excluding hydrogens is 206 g/mol. The Bertz CT molecular complexity index is 363. The Kier molecular flexibility index (Phi) is 2.63. The van der Waals surface area contributed by atoms with Gasteiger partial charge >= 0.3 is 5.91 Å². The second-order valence-corrected chi connectivity index (χ2v) is 3.68. The second-order valence-electron chi connectivity index (χ2n) is 2.85. The summed E-state index contributed by atoms with van der Waals surface area (Å²) in [6, 6.07) is 0. The number of hydrazone groups is 1. The highest BCUT2D eigenvalue weighted by Crippen LogP contribution is 2.32. The molecule has 1 unspecified atom stereocenters. The van der Waals surface area contributed by atoms with Crippen LogP contribution in [0.2, 0.25) is 0 Å². The van der Waals surface area contributed by atoms with E-state index in [1.54, 1.807) is 0 Å². The molecular formula is C7H9N3O3S. The van der Waals surface area contributed by atoms with Crippen LogP contribution in [0.25, 0.3) is 0 Å². The molecule has 0 aliphatic carbocycles. The van der Waals surface area contributed by atoms with Gasteiger partial charge in [-0.1, -0.05) is 0 Å². The number of nitrogens with two attached hydrogens (primary N) is 1. The van der Waals surface area contributed by atoms with Crippen molar-refractivity contribution in [3.8, 4) is 0 Å². The zero-order chi connectivity index (χ0) is 10.9. The Balaban J connectivity index is 3.26. The van der Waals surface area contributed by atoms with Gasteiger partial charge in [0.15, 0.2) is 5.70 Å². The Morgan fingerprint density at radius 2 is 2.21 bits per heavy atom. The van der Waals surface area contributed by atoms with Gasteiger partial charge in [0.1, 0.15) is 5.97 Å². The largest absolute Gasteiger partial charge is 0.540 e. The van der Waals surface area contributed by atoms with Gasteiger partial charge in [-0.15, -0.1) is 5.10 Å². The lowest BCUT2D eigenvalue weighted by Crippen LogP contribution is -2.52. The summed E-state index contributed by atoms with van der Waals surface area (Å²) in [5.74, 6) is 3.29. The van der Waals surface area contributed by atoms with Gasteiger partial charge in [-0.05, 0) is 11.8 Å². The molecule has 1 heterocycles. The van der Waals surface area contributed by atoms with Gasteiger partial charge in [0.25, 0.3) is 5.17 Å². The molecule has 0 spiro atoms. The second kappa shape index (κ2) is 3.43. The number of carboxylic acids is 1. The molecule has 0 saturated carbocycles. The number of amides is 1. The van der Waals surface area contributed by atoms with Crippen molar-refractivity contribution in [3.63, 3.8) is 0 Å². The minimum atomic E-state index is -1.39. The van der Waals surface area contributed by atoms with Crippen LogP contribution in [-0.4, -0.2) is 28.6 Å². The fourth-order valence-corrected chi connectivity index (χ4v) is 2.13. The first-order valence-corrected chi connectivity index (χ1v) is 4.57. The lowest BCUT2D eigenvalue weighted by Gasteiger charge is -2.26. The van der Waals surface area contributed by atoms with Crippen LogP contribution in [0, 0.1) is 0 Å². The summed E-state index contributed by atoms with van der Waals surface area (Å²) in [5, 5.41) is 15.6. The molecule has 76 valence electrons. The number of hydrogen-bond acceptors (Lipinski definition) is 6. The molecule has 2 N–H and O–H groups in total. The number of aliphatic carboxylic acids is 1. The first-order valence-electron chi connectivity index (χ1n) is 3.69. The van der Waals surface area contributed by atoms with Crippen molar-refractivity contribution in [1.29, 1.82) is 0 Å². The van der Waals surface area contributed by atoms with Crippen LogP contribution in [0.5, 0.6) is 0 Å². The average Bonchev–Trinajstić information content (AvgIpc) is 2.43. The summed E-state index contributed by atoms with van der Waals surface area (Å²) in [5.41, 5.74) is -0.147. The number of quaternary nitrogens is 1. The molecule has 14 heavy (non-hydrogen) atoms. The number of carbonyl (C=O) groups excluding carboxylic acids is 2. The third-order valence-electron chi connectivity index (χ3n) is 2.09. The number of hydrogen-bond donors (Lipinski definition) is 1. The minimum Gasteiger partial charge on any atom is -0.540 e. The first-order chi connectivity index (χ1) is 6.44. The molecule has 1 atom stereocenters. The van der Waals surface area contributed by atoms with Gasteiger partial charge in [-0.2, -0.15) is 4.48 Å². The summed E-state index contributed by atoms with van der Waals surface area (Å²) in [7, 11) is 1.41. The van der Waals surface area contributed by atoms with Gasteiger partial charge < -0.3 is 15.7 Å². The summed E-state index contributed by atoms with van der Waals surface area (Å²) >= 11 is 1.01. The SMILES string of the molecule is CC(=O)[N+]1(C)C(C(=O)[O-])=CSC1=NN. The fraction of sp³-hybridized carbons (Fsp3) is 0.286. The van der Waals surface area contributed by atoms with E-state index in [9.17, 15) is 14.7 Å². The van der Waals surface area contributed by atoms with Crippen LogP contribution in [0.3, 0.4) is 0 Å². The van der Waals surface area contributed by atoms with Gasteiger partial charge in [0.05, 0.1) is 14.0 Å². The number of nitrogens with zero attached hydrogens (tertiary/aromatic N) is 2. The lowest BCUT2D eigenvalue weighted by molar-refractivity contribution is -0.690. The Labute approximate surface area is 84.6 Å². The van der Waals surface area contributed by atoms with E-state index in [0.29, 0.717) is 0 Å². The summed E-state index contributed by atoms with van der Waals surface area (Å²) < 4.78 is -0.538. The molecule has 0 radical (unpaired) electrons. The molecule has 6 nitrogen and oxygen atoms in total. The van der Waals surface area contributed by atoms with Crippen LogP contribution in [0.15, 0.2) is 16.2 Å². The van der Waals surface area contributed by atoms with Crippen LogP contribution < -0.4 is 10.9 Å². The van der Waals surface area contributed by atoms with Crippen molar-refractivity contribution in [2.75, 3.05) is 7.05 Å². The fourth-order valence-electron chi connectivity index (χ4n) is 1.10. The van der Waals surface area contributed by atoms with Crippen LogP contribution >= 0.6 is 11.8 Å². The van der Waals surface area contributed by atoms with E-state index in [-0.39, 0.29) is 16.8 Å². The van der Waals surface area contributed by atoms with Crippen molar-refractivity contribution >= 4 is 28.8 Å². The topological polar surface area (TPSA) is 95.6 Å². The maximum atomic E-state index is 11.3. The molecule has 0 saturated heterocycles. The van der Waals surface area contributed by atoms with Gasteiger partial charge in [-0.25, -0.2) is 4.79 Å². The van der Waals surface area contributed by atoms with E-state index < -0.39 is 10.5 Å². The van der Waals surface area contributed by atoms with E-state index in [0.717, 1.165) is 11.8 Å². The van der Waals surface area contributed by atoms with Gasteiger partial charge in [0.2, 0.25) is 0 Å². The first kappa shape index (κ1) is 10.7. The summed E-state index contributed by atoms with van der Waals surface area (Å²) in [6.07, 6.45) is 0. The van der Waals surface area contributed by atoms with Crippen LogP contribution in [0.1, 0.15) is 6.92 Å². The van der Waals surface area contributed by atoms with E-state index in [1.165, 1.54) is 19.4 Å². The molecule has 1 aliphatic rings. The Hall–Kier alpha value is -1.34. The molecule has 1 aliphatic heterocycles. The predicted molar refractivity (Wildman–Crippen MR) is 49.2 cm³/mol. The third kappa shape index (κ3) is 1.30. The maximum absolute atomic E-state index is 11.3. The van der Waals surface area contributed by atoms with Crippen molar-refractivity contribution < 1.29 is 19.2 Å². The van der Waals surface area contributed by atoms with Crippen LogP contribution in [0.4, 0.5) is 0 Å². The van der Waals surface area contributed by atoms with E-state index in [4.69, 9.17) is 5.84 Å². The molecule has 1 rings (SSSR count). The van der Waals surface area contributed by atoms with Crippen molar-refractivity contribution in [2.45, 2.75) is 6.92 Å². The summed E-state index contributed by atoms with van der Waals surface area (Å²) in [4.78, 5) is 22.1. The van der Waals surface area contributed by atoms with E-state index in [1.807, 2.05) is 0 Å². The molecule has 0 aromatic carbocycles. The van der Waals surface area contributed by atoms with Crippen molar-refractivity contribution in [1.82, 2.24) is 0 Å². The zero-order valence-electron chi connectivity index (χ0n) is 7.68. The van der Waals surface area contributed by atoms with Crippen molar-refractivity contribution in [3.05, 3.63) is 11.1 Å². The molecule has 0 aromatic rings. The monoisotopic (exact) mass is 215 g/mol. The highest BCUT2D eigenvalue weighted by atomic mass is 32.2. The molecule has 1 amide bonds. The number of carboxylic acid groups (broad SMARTS) is 1. The van der Waals surface area contributed by atoms with Crippen LogP contribution in [-0.2, 0) is 9.59 Å².